The van der Waals surface area contributed by atoms with Crippen LogP contribution in [0.2, 0.25) is 0 Å². The number of likely N-dealkylation sites (tertiary alicyclic amines) is 1. The zero-order valence-electron chi connectivity index (χ0n) is 21.2. The lowest BCUT2D eigenvalue weighted by atomic mass is 9.48. The quantitative estimate of drug-likeness (QED) is 0.681. The molecule has 0 unspecified atom stereocenters. The Hall–Kier alpha value is -2.81. The number of likely N-dealkylation sites (N-methyl/N-ethyl adjacent to an activating group) is 1. The maximum Gasteiger partial charge on any atom is 0.298 e. The first-order valence-corrected chi connectivity index (χ1v) is 13.5. The van der Waals surface area contributed by atoms with Crippen molar-refractivity contribution < 1.29 is 14.6 Å². The average molecular weight is 483 g/mol. The minimum absolute atomic E-state index is 0.113. The molecule has 5 atom stereocenters. The zero-order chi connectivity index (χ0) is 24.7. The van der Waals surface area contributed by atoms with Gasteiger partial charge in [0.25, 0.3) is 5.91 Å². The molecular formula is C31H34N2O3. The van der Waals surface area contributed by atoms with E-state index in [0.29, 0.717) is 12.8 Å². The molecule has 7 rings (SSSR count). The van der Waals surface area contributed by atoms with Crippen LogP contribution in [0, 0.1) is 24.7 Å². The highest BCUT2D eigenvalue weighted by Gasteiger charge is 2.73. The zero-order valence-corrected chi connectivity index (χ0v) is 21.2. The maximum absolute atomic E-state index is 13.3. The number of carbonyl (C=O) groups excluding carboxylic acids is 1. The smallest absolute Gasteiger partial charge is 0.298 e. The van der Waals surface area contributed by atoms with Gasteiger partial charge in [-0.3, -0.25) is 9.69 Å². The Labute approximate surface area is 213 Å². The first kappa shape index (κ1) is 22.4. The molecule has 0 aromatic heterocycles. The predicted molar refractivity (Wildman–Crippen MR) is 138 cm³/mol. The Morgan fingerprint density at radius 3 is 2.83 bits per heavy atom. The normalized spacial score (nSPS) is 33.7. The number of nitrogens with zero attached hydrogens (tertiary/aromatic N) is 2. The number of carbonyl (C=O) groups is 1. The minimum atomic E-state index is -0.835. The molecule has 1 N–H and O–H groups in total. The first-order chi connectivity index (χ1) is 17.4. The summed E-state index contributed by atoms with van der Waals surface area (Å²) in [5, 5.41) is 12.6. The van der Waals surface area contributed by atoms with Gasteiger partial charge < -0.3 is 14.7 Å². The van der Waals surface area contributed by atoms with E-state index in [9.17, 15) is 9.90 Å². The van der Waals surface area contributed by atoms with Gasteiger partial charge in [-0.1, -0.05) is 30.2 Å². The fraction of sp³-hybridized carbons (Fsp3) is 0.516. The molecule has 2 heterocycles. The van der Waals surface area contributed by atoms with Gasteiger partial charge in [-0.15, -0.1) is 0 Å². The molecule has 0 radical (unpaired) electrons. The van der Waals surface area contributed by atoms with Gasteiger partial charge in [-0.2, -0.15) is 0 Å². The van der Waals surface area contributed by atoms with Crippen LogP contribution in [0.5, 0.6) is 5.75 Å². The number of ether oxygens (including phenoxy) is 1. The van der Waals surface area contributed by atoms with E-state index in [1.807, 2.05) is 38.2 Å². The fourth-order valence-corrected chi connectivity index (χ4v) is 7.91. The van der Waals surface area contributed by atoms with Gasteiger partial charge in [0, 0.05) is 36.7 Å². The number of amides is 1. The Bertz CT molecular complexity index is 1310. The van der Waals surface area contributed by atoms with Crippen LogP contribution in [-0.4, -0.2) is 64.7 Å². The van der Waals surface area contributed by atoms with Crippen molar-refractivity contribution in [1.82, 2.24) is 9.80 Å². The Balaban J connectivity index is 1.24. The van der Waals surface area contributed by atoms with Gasteiger partial charge in [0.1, 0.15) is 11.9 Å². The summed E-state index contributed by atoms with van der Waals surface area (Å²) in [4.78, 5) is 17.6. The second-order valence-corrected chi connectivity index (χ2v) is 11.8. The van der Waals surface area contributed by atoms with Gasteiger partial charge in [0.2, 0.25) is 0 Å². The van der Waals surface area contributed by atoms with E-state index in [2.05, 4.69) is 34.9 Å². The Kier molecular flexibility index (Phi) is 4.88. The van der Waals surface area contributed by atoms with Crippen LogP contribution in [0.15, 0.2) is 42.5 Å². The lowest BCUT2D eigenvalue weighted by Crippen LogP contribution is -2.78. The largest absolute Gasteiger partial charge is 0.487 e. The van der Waals surface area contributed by atoms with E-state index in [1.54, 1.807) is 4.90 Å². The van der Waals surface area contributed by atoms with E-state index >= 15 is 0 Å². The van der Waals surface area contributed by atoms with Crippen LogP contribution in [0.4, 0.5) is 0 Å². The van der Waals surface area contributed by atoms with Crippen LogP contribution in [0.25, 0.3) is 0 Å². The standard InChI is InChI=1S/C31H34N2O3/c1-20-5-3-6-21(17-20)11-12-27(34)32(2)24-13-14-31(35)26-18-23-7-4-8-25-28(23)30(31,29(24)36-25)15-16-33(26)19-22-9-10-22/h3-8,17,22,24,26,29,35H,9-10,13-16,18-19H2,1-2H3/t24-,26+,29-,30-,31+/m0/s1. The number of hydrogen-bond donors (Lipinski definition) is 1. The minimum Gasteiger partial charge on any atom is -0.487 e. The van der Waals surface area contributed by atoms with Crippen molar-refractivity contribution in [2.75, 3.05) is 20.1 Å². The summed E-state index contributed by atoms with van der Waals surface area (Å²) in [5.41, 5.74) is 3.21. The van der Waals surface area contributed by atoms with E-state index < -0.39 is 11.0 Å². The molecule has 5 heteroatoms. The number of aryl methyl sites for hydroxylation is 1. The summed E-state index contributed by atoms with van der Waals surface area (Å²) in [5.74, 6) is 7.43. The first-order valence-electron chi connectivity index (χ1n) is 13.5. The molecule has 2 aliphatic heterocycles. The van der Waals surface area contributed by atoms with Crippen LogP contribution in [-0.2, 0) is 16.6 Å². The van der Waals surface area contributed by atoms with Crippen molar-refractivity contribution >= 4 is 5.91 Å². The van der Waals surface area contributed by atoms with E-state index in [0.717, 1.165) is 48.7 Å². The predicted octanol–water partition coefficient (Wildman–Crippen LogP) is 3.44. The maximum atomic E-state index is 13.3. The molecule has 5 nitrogen and oxygen atoms in total. The van der Waals surface area contributed by atoms with Gasteiger partial charge in [0.05, 0.1) is 17.1 Å². The Morgan fingerprint density at radius 2 is 2.03 bits per heavy atom. The summed E-state index contributed by atoms with van der Waals surface area (Å²) in [6.07, 6.45) is 5.53. The summed E-state index contributed by atoms with van der Waals surface area (Å²) in [6, 6.07) is 14.3. The summed E-state index contributed by atoms with van der Waals surface area (Å²) in [7, 11) is 1.86. The molecular weight excluding hydrogens is 448 g/mol. The molecule has 5 aliphatic rings. The van der Waals surface area contributed by atoms with Gasteiger partial charge in [0.15, 0.2) is 0 Å². The fourth-order valence-electron chi connectivity index (χ4n) is 7.91. The number of hydrogen-bond acceptors (Lipinski definition) is 4. The lowest BCUT2D eigenvalue weighted by Gasteiger charge is -2.64. The molecule has 2 aromatic rings. The molecule has 2 bridgehead atoms. The summed E-state index contributed by atoms with van der Waals surface area (Å²) < 4.78 is 6.71. The van der Waals surface area contributed by atoms with Gasteiger partial charge in [-0.05, 0) is 87.2 Å². The third-order valence-corrected chi connectivity index (χ3v) is 9.78. The number of piperidine rings is 1. The van der Waals surface area contributed by atoms with Crippen molar-refractivity contribution in [2.45, 2.75) is 74.7 Å². The van der Waals surface area contributed by atoms with Crippen LogP contribution in [0.3, 0.4) is 0 Å². The number of benzene rings is 2. The third kappa shape index (κ3) is 3.07. The highest BCUT2D eigenvalue weighted by molar-refractivity contribution is 5.94. The molecule has 1 amide bonds. The van der Waals surface area contributed by atoms with Crippen molar-refractivity contribution in [2.24, 2.45) is 5.92 Å². The van der Waals surface area contributed by atoms with Crippen molar-refractivity contribution in [3.05, 3.63) is 64.7 Å². The van der Waals surface area contributed by atoms with Gasteiger partial charge >= 0.3 is 0 Å². The highest BCUT2D eigenvalue weighted by atomic mass is 16.5. The van der Waals surface area contributed by atoms with Crippen LogP contribution in [0.1, 0.15) is 54.4 Å². The van der Waals surface area contributed by atoms with Gasteiger partial charge in [-0.25, -0.2) is 0 Å². The Morgan fingerprint density at radius 1 is 1.19 bits per heavy atom. The van der Waals surface area contributed by atoms with Crippen LogP contribution < -0.4 is 4.74 Å². The molecule has 186 valence electrons. The van der Waals surface area contributed by atoms with E-state index in [1.165, 1.54) is 24.0 Å². The lowest BCUT2D eigenvalue weighted by molar-refractivity contribution is -0.199. The monoisotopic (exact) mass is 482 g/mol. The second kappa shape index (κ2) is 7.84. The van der Waals surface area contributed by atoms with Crippen molar-refractivity contribution in [1.29, 1.82) is 0 Å². The summed E-state index contributed by atoms with van der Waals surface area (Å²) >= 11 is 0. The van der Waals surface area contributed by atoms with E-state index in [-0.39, 0.29) is 24.1 Å². The average Bonchev–Trinajstić information content (AvgIpc) is 3.61. The van der Waals surface area contributed by atoms with E-state index in [4.69, 9.17) is 4.74 Å². The molecule has 36 heavy (non-hydrogen) atoms. The third-order valence-electron chi connectivity index (χ3n) is 9.78. The topological polar surface area (TPSA) is 53.0 Å². The molecule has 2 aromatic carbocycles. The SMILES string of the molecule is Cc1cccc(C#CC(=O)N(C)[C@H]2CC[C@@]3(O)[C@H]4Cc5cccc6c5[C@@]3(CCN4CC3CC3)[C@H]2O6)c1. The number of rotatable bonds is 3. The molecule has 3 fully saturated rings. The van der Waals surface area contributed by atoms with Crippen molar-refractivity contribution in [3.63, 3.8) is 0 Å². The van der Waals surface area contributed by atoms with Crippen LogP contribution >= 0.6 is 0 Å². The highest BCUT2D eigenvalue weighted by Crippen LogP contribution is 2.64. The second-order valence-electron chi connectivity index (χ2n) is 11.8. The van der Waals surface area contributed by atoms with Crippen molar-refractivity contribution in [3.8, 4) is 17.6 Å². The summed E-state index contributed by atoms with van der Waals surface area (Å²) in [6.45, 7) is 4.10. The molecule has 3 aliphatic carbocycles. The molecule has 1 saturated heterocycles. The number of aliphatic hydroxyl groups is 1. The molecule has 1 spiro atoms. The molecule has 2 saturated carbocycles.